The highest BCUT2D eigenvalue weighted by Gasteiger charge is 2.25. The third-order valence-corrected chi connectivity index (χ3v) is 27.6. The van der Waals surface area contributed by atoms with Gasteiger partial charge in [-0.15, -0.1) is 0 Å². The van der Waals surface area contributed by atoms with Crippen LogP contribution in [0.3, 0.4) is 0 Å². The monoisotopic (exact) mass is 1520 g/mol. The van der Waals surface area contributed by atoms with Gasteiger partial charge >= 0.3 is 15.2 Å². The molecule has 104 heavy (non-hydrogen) atoms. The summed E-state index contributed by atoms with van der Waals surface area (Å²) < 4.78 is 61.2. The van der Waals surface area contributed by atoms with E-state index in [1.54, 1.807) is 0 Å². The molecule has 12 nitrogen and oxygen atoms in total. The topological polar surface area (TPSA) is 182 Å². The lowest BCUT2D eigenvalue weighted by molar-refractivity contribution is -0.0437. The molecule has 1 heterocycles. The Hall–Kier alpha value is 0.0600. The van der Waals surface area contributed by atoms with Gasteiger partial charge in [-0.25, -0.2) is 0 Å². The molecule has 14 heteroatoms. The van der Waals surface area contributed by atoms with Gasteiger partial charge in [0.05, 0.1) is 38.8 Å². The minimum Gasteiger partial charge on any atom is -0.379 e. The lowest BCUT2D eigenvalue weighted by atomic mass is 9.88. The fraction of sp³-hybridized carbons (Fsp3) is 1.00. The smallest absolute Gasteiger partial charge is 0.329 e. The predicted molar refractivity (Wildman–Crippen MR) is 450 cm³/mol. The Bertz CT molecular complexity index is 1860. The van der Waals surface area contributed by atoms with Gasteiger partial charge in [-0.1, -0.05) is 368 Å². The Labute approximate surface area is 648 Å². The van der Waals surface area contributed by atoms with Gasteiger partial charge in [-0.3, -0.25) is 9.13 Å². The van der Waals surface area contributed by atoms with Crippen molar-refractivity contribution >= 4 is 15.2 Å². The molecule has 1 aliphatic rings. The molecule has 20 atom stereocenters. The minimum atomic E-state index is -3.75. The molecule has 0 aromatic heterocycles. The molecule has 0 bridgehead atoms. The van der Waals surface area contributed by atoms with Crippen LogP contribution in [0.25, 0.3) is 0 Å². The molecule has 1 saturated heterocycles. The van der Waals surface area contributed by atoms with Gasteiger partial charge < -0.3 is 49.2 Å². The molecule has 0 amide bonds. The summed E-state index contributed by atoms with van der Waals surface area (Å²) in [6, 6.07) is 0. The van der Waals surface area contributed by atoms with Crippen LogP contribution >= 0.6 is 15.2 Å². The van der Waals surface area contributed by atoms with Crippen LogP contribution in [0.2, 0.25) is 0 Å². The Balaban J connectivity index is 2.72. The maximum absolute atomic E-state index is 12.6. The zero-order valence-corrected chi connectivity index (χ0v) is 74.0. The van der Waals surface area contributed by atoms with Gasteiger partial charge in [0.25, 0.3) is 0 Å². The first-order valence-electron chi connectivity index (χ1n) is 45.3. The van der Waals surface area contributed by atoms with Crippen molar-refractivity contribution in [1.82, 2.24) is 0 Å². The van der Waals surface area contributed by atoms with E-state index in [-0.39, 0.29) is 50.8 Å². The van der Waals surface area contributed by atoms with E-state index in [0.717, 1.165) is 96.7 Å². The zero-order chi connectivity index (χ0) is 77.2. The number of hydrogen-bond donors (Lipinski definition) is 4. The van der Waals surface area contributed by atoms with Gasteiger partial charge in [0, 0.05) is 39.5 Å². The van der Waals surface area contributed by atoms with Crippen LogP contribution in [0.4, 0.5) is 0 Å². The Morgan fingerprint density at radius 1 is 0.260 bits per heavy atom. The standard InChI is InChI=1S/C90H184N2O10P2/c1-73-29-17-33-77(5)41-25-49-85(13)57-63-97-69-89(71-101-103(93,94)67-61-91)99-65-59-87(15)52-28-44-80(8)36-20-32-76(4)40-24-48-84(12)56-54-82(10)46-22-38-74(2)30-18-34-78(6)42-26-50-86(14)58-64-98-70-90(72-102-104(95,96)68-62-92)100-66-60-88(16)51-27-43-79(7)35-19-31-75(3)39-23-47-83(11)55-53-81(9)45-21-37-73/h73-90H,17-72,91-92H2,1-16H3,(H,93,94)(H,95,96). The maximum Gasteiger partial charge on any atom is 0.329 e. The van der Waals surface area contributed by atoms with Crippen molar-refractivity contribution in [3.8, 4) is 0 Å². The van der Waals surface area contributed by atoms with Crippen molar-refractivity contribution in [1.29, 1.82) is 0 Å². The van der Waals surface area contributed by atoms with Gasteiger partial charge in [-0.2, -0.15) is 0 Å². The highest BCUT2D eigenvalue weighted by atomic mass is 31.2. The summed E-state index contributed by atoms with van der Waals surface area (Å²) >= 11 is 0. The summed E-state index contributed by atoms with van der Waals surface area (Å²) in [5.74, 6) is 12.0. The Morgan fingerprint density at radius 2 is 0.413 bits per heavy atom. The first-order valence-corrected chi connectivity index (χ1v) is 48.8. The summed E-state index contributed by atoms with van der Waals surface area (Å²) in [5.41, 5.74) is 11.2. The fourth-order valence-electron chi connectivity index (χ4n) is 16.2. The highest BCUT2D eigenvalue weighted by Crippen LogP contribution is 2.42. The Kier molecular flexibility index (Phi) is 64.2. The third-order valence-electron chi connectivity index (χ3n) is 24.8. The van der Waals surface area contributed by atoms with Crippen molar-refractivity contribution in [2.75, 3.05) is 78.3 Å². The molecule has 20 unspecified atom stereocenters. The zero-order valence-electron chi connectivity index (χ0n) is 72.2. The molecule has 0 aromatic rings. The van der Waals surface area contributed by atoms with Gasteiger partial charge in [0.2, 0.25) is 0 Å². The average Bonchev–Trinajstić information content (AvgIpc) is 0.983. The summed E-state index contributed by atoms with van der Waals surface area (Å²) in [6.45, 7) is 42.7. The summed E-state index contributed by atoms with van der Waals surface area (Å²) in [7, 11) is -7.50. The van der Waals surface area contributed by atoms with E-state index in [1.165, 1.54) is 257 Å². The molecular formula is C90H184N2O10P2. The lowest BCUT2D eigenvalue weighted by Gasteiger charge is -2.22. The SMILES string of the molecule is CC1CCCC(C)CCCC(C)CCC(C)CCCC(C)CCCC(C)CCCC(C)CCOC(COP(=O)(O)CCN)COCCC(C)CCCC(C)CCCC(C)CCCC(C)CCC(C)CCCC(C)CCCC(C)CCCC(C)CCOC(COP(=O)(O)CCN)COCCC(C)CCC1. The van der Waals surface area contributed by atoms with Gasteiger partial charge in [-0.05, 0) is 120 Å². The molecule has 624 valence electrons. The Morgan fingerprint density at radius 3 is 0.587 bits per heavy atom. The fourth-order valence-corrected chi connectivity index (χ4v) is 17.9. The molecule has 0 aliphatic carbocycles. The second-order valence-corrected chi connectivity index (χ2v) is 41.2. The minimum absolute atomic E-state index is 0.0443. The average molecular weight is 1520 g/mol. The number of ether oxygens (including phenoxy) is 4. The molecule has 1 fully saturated rings. The molecule has 0 aromatic carbocycles. The van der Waals surface area contributed by atoms with Gasteiger partial charge in [0.1, 0.15) is 12.2 Å². The quantitative estimate of drug-likeness (QED) is 0.152. The molecular weight excluding hydrogens is 1330 g/mol. The lowest BCUT2D eigenvalue weighted by Crippen LogP contribution is -2.27. The molecule has 0 saturated carbocycles. The first kappa shape index (κ1) is 102. The first-order chi connectivity index (χ1) is 49.6. The normalized spacial score (nSPS) is 34.5. The highest BCUT2D eigenvalue weighted by molar-refractivity contribution is 7.53. The summed E-state index contributed by atoms with van der Waals surface area (Å²) in [6.07, 6.45) is 56.4. The molecule has 1 aliphatic heterocycles. The van der Waals surface area contributed by atoms with Crippen molar-refractivity contribution in [2.45, 2.75) is 406 Å². The van der Waals surface area contributed by atoms with E-state index < -0.39 is 15.2 Å². The van der Waals surface area contributed by atoms with Crippen LogP contribution in [0.5, 0.6) is 0 Å². The second-order valence-electron chi connectivity index (χ2n) is 37.2. The third kappa shape index (κ3) is 63.6. The molecule has 1 rings (SSSR count). The van der Waals surface area contributed by atoms with Crippen LogP contribution in [-0.4, -0.2) is 100 Å². The molecule has 0 radical (unpaired) electrons. The van der Waals surface area contributed by atoms with Crippen molar-refractivity contribution in [3.05, 3.63) is 0 Å². The summed E-state index contributed by atoms with van der Waals surface area (Å²) in [5, 5.41) is 0. The number of hydrogen-bond acceptors (Lipinski definition) is 10. The molecule has 0 spiro atoms. The van der Waals surface area contributed by atoms with Gasteiger partial charge in [0.15, 0.2) is 0 Å². The van der Waals surface area contributed by atoms with E-state index in [0.29, 0.717) is 63.3 Å². The summed E-state index contributed by atoms with van der Waals surface area (Å²) in [4.78, 5) is 20.6. The molecule has 6 N–H and O–H groups in total. The van der Waals surface area contributed by atoms with E-state index in [4.69, 9.17) is 39.5 Å². The number of rotatable bonds is 10. The maximum atomic E-state index is 12.6. The van der Waals surface area contributed by atoms with E-state index >= 15 is 0 Å². The predicted octanol–water partition coefficient (Wildman–Crippen LogP) is 26.5. The van der Waals surface area contributed by atoms with Crippen LogP contribution in [-0.2, 0) is 37.1 Å². The van der Waals surface area contributed by atoms with Crippen molar-refractivity contribution in [2.24, 2.45) is 106 Å². The van der Waals surface area contributed by atoms with Crippen LogP contribution in [0.15, 0.2) is 0 Å². The van der Waals surface area contributed by atoms with Crippen LogP contribution in [0.1, 0.15) is 393 Å². The van der Waals surface area contributed by atoms with Crippen molar-refractivity contribution in [3.63, 3.8) is 0 Å². The van der Waals surface area contributed by atoms with E-state index in [9.17, 15) is 18.9 Å². The van der Waals surface area contributed by atoms with E-state index in [2.05, 4.69) is 111 Å². The largest absolute Gasteiger partial charge is 0.379 e. The second kappa shape index (κ2) is 65.5. The number of nitrogens with two attached hydrogens (primary N) is 2. The van der Waals surface area contributed by atoms with Crippen molar-refractivity contribution < 1.29 is 46.9 Å². The van der Waals surface area contributed by atoms with Crippen LogP contribution < -0.4 is 11.5 Å². The van der Waals surface area contributed by atoms with Crippen LogP contribution in [0, 0.1) is 94.7 Å². The van der Waals surface area contributed by atoms with E-state index in [1.807, 2.05) is 0 Å².